The lowest BCUT2D eigenvalue weighted by atomic mass is 9.70. The van der Waals surface area contributed by atoms with Crippen LogP contribution in [0.2, 0.25) is 0 Å². The molecule has 2 spiro atoms. The van der Waals surface area contributed by atoms with E-state index in [4.69, 9.17) is 9.47 Å². The molecule has 2 heteroatoms. The summed E-state index contributed by atoms with van der Waals surface area (Å²) < 4.78 is 11.8. The smallest absolute Gasteiger partial charge is 0.216 e. The molecule has 0 saturated carbocycles. The molecule has 0 radical (unpaired) electrons. The Morgan fingerprint density at radius 3 is 2.95 bits per heavy atom. The van der Waals surface area contributed by atoms with Gasteiger partial charge < -0.3 is 9.47 Å². The maximum Gasteiger partial charge on any atom is 0.216 e. The first-order valence-electron chi connectivity index (χ1n) is 6.66. The summed E-state index contributed by atoms with van der Waals surface area (Å²) in [5.41, 5.74) is 3.42. The van der Waals surface area contributed by atoms with E-state index in [0.29, 0.717) is 5.92 Å². The van der Waals surface area contributed by atoms with Crippen molar-refractivity contribution in [3.63, 3.8) is 0 Å². The molecule has 2 heterocycles. The van der Waals surface area contributed by atoms with Crippen LogP contribution in [0.1, 0.15) is 0 Å². The van der Waals surface area contributed by atoms with Crippen molar-refractivity contribution in [1.29, 1.82) is 0 Å². The largest absolute Gasteiger partial charge is 0.474 e. The van der Waals surface area contributed by atoms with E-state index in [1.165, 1.54) is 16.7 Å². The van der Waals surface area contributed by atoms with Gasteiger partial charge in [0, 0.05) is 11.1 Å². The van der Waals surface area contributed by atoms with Crippen molar-refractivity contribution in [1.82, 2.24) is 0 Å². The van der Waals surface area contributed by atoms with Crippen molar-refractivity contribution in [2.24, 2.45) is 5.92 Å². The lowest BCUT2D eigenvalue weighted by molar-refractivity contribution is 0.319. The predicted molar refractivity (Wildman–Crippen MR) is 69.8 cm³/mol. The minimum atomic E-state index is -0.260. The zero-order valence-corrected chi connectivity index (χ0v) is 10.1. The molecule has 0 aromatic heterocycles. The van der Waals surface area contributed by atoms with Crippen molar-refractivity contribution in [2.75, 3.05) is 0 Å². The van der Waals surface area contributed by atoms with E-state index in [-0.39, 0.29) is 11.2 Å². The summed E-state index contributed by atoms with van der Waals surface area (Å²) in [6.07, 6.45) is 19.5. The first-order valence-corrected chi connectivity index (χ1v) is 6.66. The van der Waals surface area contributed by atoms with Crippen LogP contribution in [0.15, 0.2) is 82.9 Å². The Morgan fingerprint density at radius 2 is 2.00 bits per heavy atom. The highest BCUT2D eigenvalue weighted by atomic mass is 16.6. The molecule has 6 rings (SSSR count). The minimum absolute atomic E-state index is 0.187. The van der Waals surface area contributed by atoms with E-state index in [1.807, 2.05) is 0 Å². The average Bonchev–Trinajstić information content (AvgIpc) is 3.30. The summed E-state index contributed by atoms with van der Waals surface area (Å²) in [6, 6.07) is 0. The molecule has 0 unspecified atom stereocenters. The van der Waals surface area contributed by atoms with Gasteiger partial charge in [-0.15, -0.1) is 0 Å². The van der Waals surface area contributed by atoms with Crippen LogP contribution in [-0.2, 0) is 9.47 Å². The number of allylic oxidation sites excluding steroid dienone is 5. The highest BCUT2D eigenvalue weighted by Gasteiger charge is 2.67. The molecule has 0 aromatic carbocycles. The van der Waals surface area contributed by atoms with Crippen molar-refractivity contribution >= 4 is 0 Å². The fourth-order valence-electron chi connectivity index (χ4n) is 3.94. The molecule has 2 nitrogen and oxygen atoms in total. The Bertz CT molecular complexity index is 784. The highest BCUT2D eigenvalue weighted by molar-refractivity contribution is 5.73. The molecule has 2 aliphatic heterocycles. The van der Waals surface area contributed by atoms with Gasteiger partial charge in [0.1, 0.15) is 5.76 Å². The van der Waals surface area contributed by atoms with Crippen molar-refractivity contribution in [3.8, 4) is 0 Å². The van der Waals surface area contributed by atoms with Crippen LogP contribution in [0.25, 0.3) is 0 Å². The molecule has 0 N–H and O–H groups in total. The Hall–Kier alpha value is -2.22. The fraction of sp³-hybridized carbons (Fsp3) is 0.176. The first-order chi connectivity index (χ1) is 9.34. The molecule has 3 atom stereocenters. The molecule has 2 saturated heterocycles. The van der Waals surface area contributed by atoms with E-state index < -0.39 is 0 Å². The first kappa shape index (κ1) is 8.81. The SMILES string of the molecule is C1=C[C@@H]2C3=C(C=C4O[C@]42C=C1)[C@@]12OC1=CC=C2C=C3. The van der Waals surface area contributed by atoms with Gasteiger partial charge >= 0.3 is 0 Å². The quantitative estimate of drug-likeness (QED) is 0.614. The van der Waals surface area contributed by atoms with Crippen molar-refractivity contribution in [3.05, 3.63) is 82.9 Å². The topological polar surface area (TPSA) is 25.1 Å². The maximum atomic E-state index is 5.93. The second kappa shape index (κ2) is 2.29. The second-order valence-corrected chi connectivity index (χ2v) is 5.76. The summed E-state index contributed by atoms with van der Waals surface area (Å²) in [6.45, 7) is 0. The molecule has 0 bridgehead atoms. The zero-order chi connectivity index (χ0) is 12.2. The van der Waals surface area contributed by atoms with Gasteiger partial charge in [-0.2, -0.15) is 0 Å². The summed E-state index contributed by atoms with van der Waals surface area (Å²) in [5, 5.41) is 0. The van der Waals surface area contributed by atoms with Gasteiger partial charge in [0.2, 0.25) is 5.60 Å². The van der Waals surface area contributed by atoms with Gasteiger partial charge in [-0.05, 0) is 23.8 Å². The molecule has 0 aromatic rings. The average molecular weight is 246 g/mol. The zero-order valence-electron chi connectivity index (χ0n) is 10.1. The minimum Gasteiger partial charge on any atom is -0.474 e. The van der Waals surface area contributed by atoms with Crippen LogP contribution in [0, 0.1) is 5.92 Å². The lowest BCUT2D eigenvalue weighted by Gasteiger charge is -2.29. The number of rotatable bonds is 0. The number of fused-ring (bicyclic) bond motifs is 1. The van der Waals surface area contributed by atoms with Gasteiger partial charge in [-0.3, -0.25) is 0 Å². The van der Waals surface area contributed by atoms with Gasteiger partial charge in [0.25, 0.3) is 0 Å². The van der Waals surface area contributed by atoms with Crippen molar-refractivity contribution in [2.45, 2.75) is 11.2 Å². The Morgan fingerprint density at radius 1 is 1.00 bits per heavy atom. The van der Waals surface area contributed by atoms with Gasteiger partial charge in [0.15, 0.2) is 11.4 Å². The molecule has 4 aliphatic carbocycles. The standard InChI is InChI=1S/C17H10O2/c1-2-8-16-12(3-1)11-6-4-10-5-7-14-17(10,19-14)13(11)9-15(16)18-16/h1-9,12H/t12-,16+,17-/m1/s1. The molecule has 2 fully saturated rings. The predicted octanol–water partition coefficient (Wildman–Crippen LogP) is 2.85. The van der Waals surface area contributed by atoms with Gasteiger partial charge in [-0.1, -0.05) is 36.5 Å². The Labute approximate surface area is 110 Å². The third-order valence-corrected chi connectivity index (χ3v) is 4.98. The van der Waals surface area contributed by atoms with E-state index in [2.05, 4.69) is 54.7 Å². The third-order valence-electron chi connectivity index (χ3n) is 4.98. The van der Waals surface area contributed by atoms with Crippen LogP contribution in [0.5, 0.6) is 0 Å². The Kier molecular flexibility index (Phi) is 1.06. The number of ether oxygens (including phenoxy) is 2. The van der Waals surface area contributed by atoms with Gasteiger partial charge in [-0.25, -0.2) is 0 Å². The van der Waals surface area contributed by atoms with E-state index in [9.17, 15) is 0 Å². The summed E-state index contributed by atoms with van der Waals surface area (Å²) in [7, 11) is 0. The molecular weight excluding hydrogens is 236 g/mol. The molecular formula is C17H10O2. The van der Waals surface area contributed by atoms with Crippen LogP contribution in [0.3, 0.4) is 0 Å². The number of hydrogen-bond donors (Lipinski definition) is 0. The van der Waals surface area contributed by atoms with Crippen LogP contribution in [-0.4, -0.2) is 11.2 Å². The van der Waals surface area contributed by atoms with Crippen LogP contribution < -0.4 is 0 Å². The van der Waals surface area contributed by atoms with E-state index in [1.54, 1.807) is 0 Å². The summed E-state index contributed by atoms with van der Waals surface area (Å²) in [5.74, 6) is 2.47. The summed E-state index contributed by atoms with van der Waals surface area (Å²) in [4.78, 5) is 0. The van der Waals surface area contributed by atoms with Gasteiger partial charge in [0.05, 0.1) is 5.92 Å². The molecule has 6 aliphatic rings. The summed E-state index contributed by atoms with van der Waals surface area (Å²) >= 11 is 0. The monoisotopic (exact) mass is 246 g/mol. The van der Waals surface area contributed by atoms with E-state index in [0.717, 1.165) is 11.5 Å². The van der Waals surface area contributed by atoms with Crippen LogP contribution in [0.4, 0.5) is 0 Å². The molecule has 19 heavy (non-hydrogen) atoms. The molecule has 0 amide bonds. The molecule has 90 valence electrons. The van der Waals surface area contributed by atoms with Crippen LogP contribution >= 0.6 is 0 Å². The number of epoxide rings is 2. The van der Waals surface area contributed by atoms with E-state index >= 15 is 0 Å². The third kappa shape index (κ3) is 0.737. The second-order valence-electron chi connectivity index (χ2n) is 5.76. The lowest BCUT2D eigenvalue weighted by Crippen LogP contribution is -2.31. The Balaban J connectivity index is 1.64. The highest BCUT2D eigenvalue weighted by Crippen LogP contribution is 2.65. The maximum absolute atomic E-state index is 5.93. The van der Waals surface area contributed by atoms with Crippen molar-refractivity contribution < 1.29 is 9.47 Å². The normalized spacial score (nSPS) is 44.6. The fourth-order valence-corrected chi connectivity index (χ4v) is 3.94. The number of hydrogen-bond acceptors (Lipinski definition) is 2.